The molecule has 0 aliphatic heterocycles. The number of hydrogen-bond acceptors (Lipinski definition) is 8. The smallest absolute Gasteiger partial charge is 0.283 e. The van der Waals surface area contributed by atoms with Gasteiger partial charge in [0, 0.05) is 0 Å². The van der Waals surface area contributed by atoms with E-state index in [9.17, 15) is 24.0 Å². The van der Waals surface area contributed by atoms with E-state index in [0.717, 1.165) is 18.2 Å². The van der Waals surface area contributed by atoms with Crippen molar-refractivity contribution in [3.05, 3.63) is 106 Å². The minimum atomic E-state index is -1.38. The van der Waals surface area contributed by atoms with Crippen molar-refractivity contribution >= 4 is 30.3 Å². The number of carbonyl (C=O) groups is 2. The Morgan fingerprint density at radius 2 is 0.971 bits per heavy atom. The third-order valence-electron chi connectivity index (χ3n) is 2.52. The first-order valence-corrected chi connectivity index (χ1v) is 8.09. The molecule has 160 valence electrons. The van der Waals surface area contributed by atoms with Crippen LogP contribution in [-0.4, -0.2) is 35.2 Å². The molecule has 34 heavy (non-hydrogen) atoms. The average molecular weight is 448 g/mol. The van der Waals surface area contributed by atoms with Crippen molar-refractivity contribution in [2.45, 2.75) is 0 Å². The zero-order valence-electron chi connectivity index (χ0n) is 17.0. The van der Waals surface area contributed by atoms with Crippen LogP contribution in [0.25, 0.3) is 0 Å². The molecule has 0 atom stereocenters. The molecule has 0 spiro atoms. The quantitative estimate of drug-likeness (QED) is 0.362. The van der Waals surface area contributed by atoms with E-state index < -0.39 is 29.5 Å². The molecule has 0 aliphatic rings. The van der Waals surface area contributed by atoms with Crippen LogP contribution in [0.1, 0.15) is 0 Å². The van der Waals surface area contributed by atoms with E-state index in [4.69, 9.17) is 0 Å². The van der Waals surface area contributed by atoms with Gasteiger partial charge in [0.05, 0.1) is 0 Å². The predicted molar refractivity (Wildman–Crippen MR) is 113 cm³/mol. The van der Waals surface area contributed by atoms with Gasteiger partial charge in [0.25, 0.3) is 0 Å². The fraction of sp³-hybridized carbons (Fsp3) is 0. The monoisotopic (exact) mass is 448 g/mol. The number of hydrogen-bond donors (Lipinski definition) is 2. The van der Waals surface area contributed by atoms with E-state index in [0.29, 0.717) is 0 Å². The summed E-state index contributed by atoms with van der Waals surface area (Å²) in [6, 6.07) is -2.76. The number of nitrogens with zero attached hydrogens (tertiary/aromatic N) is 4. The molecule has 11 nitrogen and oxygen atoms in total. The summed E-state index contributed by atoms with van der Waals surface area (Å²) in [5, 5.41) is 3.97. The van der Waals surface area contributed by atoms with Gasteiger partial charge in [0.2, 0.25) is 24.1 Å². The molecule has 0 heterocycles. The lowest BCUT2D eigenvalue weighted by Crippen LogP contribution is -2.46. The summed E-state index contributed by atoms with van der Waals surface area (Å²) in [6.07, 6.45) is 3.38. The lowest BCUT2D eigenvalue weighted by molar-refractivity contribution is 0.199. The zero-order chi connectivity index (χ0) is 25.6. The van der Waals surface area contributed by atoms with Crippen LogP contribution < -0.4 is 10.6 Å². The van der Waals surface area contributed by atoms with Crippen LogP contribution in [-0.2, 0) is 14.4 Å². The maximum atomic E-state index is 12.8. The van der Waals surface area contributed by atoms with Gasteiger partial charge in [-0.1, -0.05) is 17.2 Å². The maximum absolute atomic E-state index is 12.8. The Bertz CT molecular complexity index is 1450. The first kappa shape index (κ1) is 27.5. The number of carbonyl (C=O) groups excluding carboxylic acids is 5. The van der Waals surface area contributed by atoms with E-state index >= 15 is 0 Å². The van der Waals surface area contributed by atoms with Crippen molar-refractivity contribution in [1.82, 2.24) is 15.5 Å². The molecule has 4 amide bonds. The summed E-state index contributed by atoms with van der Waals surface area (Å²) < 4.78 is 0. The number of imide groups is 1. The lowest BCUT2D eigenvalue weighted by Gasteiger charge is -2.18. The lowest BCUT2D eigenvalue weighted by atomic mass is 10.5. The van der Waals surface area contributed by atoms with E-state index in [1.165, 1.54) is 0 Å². The van der Waals surface area contributed by atoms with Crippen LogP contribution >= 0.6 is 0 Å². The molecule has 0 bridgehead atoms. The summed E-state index contributed by atoms with van der Waals surface area (Å²) in [6.45, 7) is 9.65. The van der Waals surface area contributed by atoms with Gasteiger partial charge in [-0.05, 0) is 71.3 Å². The number of aliphatic imine (C=N–C) groups is 3. The van der Waals surface area contributed by atoms with Crippen molar-refractivity contribution in [1.29, 1.82) is 0 Å². The SMILES string of the molecule is C=C=C=C=C=C(N=C=O)NC(=O)N(C(=O)NC(=C=C=C=C=C)N=C=O)C(=C=C=C=C=C)N=C=O. The molecule has 0 unspecified atom stereocenters. The molecular formula is C23H8N6O5. The summed E-state index contributed by atoms with van der Waals surface area (Å²) in [5.41, 5.74) is 26.4. The minimum Gasteiger partial charge on any atom is -0.283 e. The van der Waals surface area contributed by atoms with Crippen LogP contribution in [0.15, 0.2) is 121 Å². The van der Waals surface area contributed by atoms with Gasteiger partial charge < -0.3 is 0 Å². The van der Waals surface area contributed by atoms with Gasteiger partial charge in [-0.25, -0.2) is 24.0 Å². The summed E-state index contributed by atoms with van der Waals surface area (Å²) in [4.78, 5) is 67.2. The van der Waals surface area contributed by atoms with Gasteiger partial charge in [0.1, 0.15) is 0 Å². The molecule has 0 saturated carbocycles. The third-order valence-corrected chi connectivity index (χ3v) is 2.52. The molecule has 0 aromatic heterocycles. The molecule has 0 aromatic carbocycles. The average Bonchev–Trinajstić information content (AvgIpc) is 2.80. The van der Waals surface area contributed by atoms with Crippen molar-refractivity contribution in [3.8, 4) is 0 Å². The van der Waals surface area contributed by atoms with E-state index in [2.05, 4.69) is 103 Å². The Kier molecular flexibility index (Phi) is 14.0. The number of amides is 4. The fourth-order valence-electron chi connectivity index (χ4n) is 1.44. The summed E-state index contributed by atoms with van der Waals surface area (Å²) in [7, 11) is 0. The molecule has 0 saturated heterocycles. The van der Waals surface area contributed by atoms with Gasteiger partial charge >= 0.3 is 12.1 Å². The van der Waals surface area contributed by atoms with Crippen LogP contribution in [0.2, 0.25) is 0 Å². The molecule has 0 rings (SSSR count). The highest BCUT2D eigenvalue weighted by Crippen LogP contribution is 2.08. The Labute approximate surface area is 191 Å². The Hall–Kier alpha value is -6.54. The highest BCUT2D eigenvalue weighted by Gasteiger charge is 2.27. The molecular weight excluding hydrogens is 440 g/mol. The summed E-state index contributed by atoms with van der Waals surface area (Å²) >= 11 is 0. The van der Waals surface area contributed by atoms with Gasteiger partial charge in [-0.2, -0.15) is 4.90 Å². The predicted octanol–water partition coefficient (Wildman–Crippen LogP) is 1.99. The summed E-state index contributed by atoms with van der Waals surface area (Å²) in [5.74, 6) is -1.99. The second-order valence-electron chi connectivity index (χ2n) is 4.48. The van der Waals surface area contributed by atoms with Gasteiger partial charge in [-0.15, -0.1) is 15.0 Å². The third kappa shape index (κ3) is 10.9. The van der Waals surface area contributed by atoms with Crippen LogP contribution in [0.5, 0.6) is 0 Å². The van der Waals surface area contributed by atoms with E-state index in [-0.39, 0.29) is 4.90 Å². The van der Waals surface area contributed by atoms with Gasteiger partial charge in [0.15, 0.2) is 11.6 Å². The largest absolute Gasteiger partial charge is 0.338 e. The Balaban J connectivity index is 7.05. The van der Waals surface area contributed by atoms with E-state index in [1.807, 2.05) is 10.6 Å². The number of isocyanates is 3. The molecule has 0 aliphatic carbocycles. The van der Waals surface area contributed by atoms with Gasteiger partial charge in [-0.3, -0.25) is 10.6 Å². The molecule has 0 aromatic rings. The van der Waals surface area contributed by atoms with Crippen LogP contribution in [0.3, 0.4) is 0 Å². The van der Waals surface area contributed by atoms with Crippen molar-refractivity contribution in [3.63, 3.8) is 0 Å². The Morgan fingerprint density at radius 1 is 0.588 bits per heavy atom. The molecule has 2 N–H and O–H groups in total. The zero-order valence-corrected chi connectivity index (χ0v) is 17.0. The van der Waals surface area contributed by atoms with Crippen LogP contribution in [0, 0.1) is 0 Å². The standard InChI is InChI=1S/C23H8N6O5/c1-4-7-10-13-19(24-16-30)27-22(33)29(21(26-18-32)15-12-9-6-3)23(34)28-20(25-17-31)14-11-8-5-2/h1-3H2,(H,27,33)(H,28,34). The molecule has 0 radical (unpaired) electrons. The highest BCUT2D eigenvalue weighted by molar-refractivity contribution is 5.97. The highest BCUT2D eigenvalue weighted by atomic mass is 16.2. The van der Waals surface area contributed by atoms with Crippen molar-refractivity contribution in [2.75, 3.05) is 0 Å². The first-order valence-electron chi connectivity index (χ1n) is 8.09. The number of rotatable bonds is 6. The normalized spacial score (nSPS) is 6.59. The van der Waals surface area contributed by atoms with E-state index in [1.54, 1.807) is 0 Å². The fourth-order valence-corrected chi connectivity index (χ4v) is 1.44. The van der Waals surface area contributed by atoms with Crippen molar-refractivity contribution < 1.29 is 24.0 Å². The molecule has 0 fully saturated rings. The first-order chi connectivity index (χ1) is 16.5. The number of urea groups is 2. The maximum Gasteiger partial charge on any atom is 0.338 e. The minimum absolute atomic E-state index is 0.146. The Morgan fingerprint density at radius 3 is 1.32 bits per heavy atom. The van der Waals surface area contributed by atoms with Crippen molar-refractivity contribution in [2.24, 2.45) is 15.0 Å². The second kappa shape index (κ2) is 17.3. The second-order valence-corrected chi connectivity index (χ2v) is 4.48. The molecule has 11 heteroatoms. The number of nitrogens with one attached hydrogen (secondary N) is 2. The topological polar surface area (TPSA) is 150 Å². The van der Waals surface area contributed by atoms with Crippen LogP contribution in [0.4, 0.5) is 9.59 Å².